The highest BCUT2D eigenvalue weighted by Crippen LogP contribution is 2.38. The van der Waals surface area contributed by atoms with Crippen LogP contribution in [0, 0.1) is 0 Å². The second kappa shape index (κ2) is 17.5. The average molecular weight is 591 g/mol. The Bertz CT molecular complexity index is 1100. The van der Waals surface area contributed by atoms with E-state index in [0.717, 1.165) is 56.4 Å². The minimum Gasteiger partial charge on any atom is -0.493 e. The molecule has 0 aliphatic heterocycles. The van der Waals surface area contributed by atoms with Crippen molar-refractivity contribution in [1.29, 1.82) is 0 Å². The van der Waals surface area contributed by atoms with Crippen LogP contribution in [0.3, 0.4) is 0 Å². The van der Waals surface area contributed by atoms with Gasteiger partial charge in [-0.05, 0) is 65.2 Å². The van der Waals surface area contributed by atoms with Crippen LogP contribution < -0.4 is 19.8 Å². The minimum absolute atomic E-state index is 0.0299. The molecule has 1 unspecified atom stereocenters. The first-order chi connectivity index (χ1) is 20.4. The molecule has 1 N–H and O–H groups in total. The highest BCUT2D eigenvalue weighted by atomic mass is 28.4. The third-order valence-electron chi connectivity index (χ3n) is 8.38. The van der Waals surface area contributed by atoms with Gasteiger partial charge in [0.15, 0.2) is 11.5 Å². The van der Waals surface area contributed by atoms with Crippen molar-refractivity contribution in [2.45, 2.75) is 103 Å². The van der Waals surface area contributed by atoms with E-state index in [-0.39, 0.29) is 11.1 Å². The van der Waals surface area contributed by atoms with Crippen LogP contribution in [-0.2, 0) is 10.8 Å². The number of aliphatic hydroxyl groups excluding tert-OH is 1. The number of hydrogen-bond donors (Lipinski definition) is 1. The van der Waals surface area contributed by atoms with Crippen LogP contribution in [0.4, 0.5) is 0 Å². The third-order valence-corrected chi connectivity index (χ3v) is 13.5. The zero-order chi connectivity index (χ0) is 30.3. The van der Waals surface area contributed by atoms with Gasteiger partial charge in [0.05, 0.1) is 14.2 Å². The SMILES string of the molecule is COc1ccc(CCCCC(CCCCCCCCO)O[Si](c2ccccc2)(c2ccccc2)C(C)(C)C)cc1OC. The summed E-state index contributed by atoms with van der Waals surface area (Å²) in [7, 11) is 0.771. The lowest BCUT2D eigenvalue weighted by Crippen LogP contribution is -2.67. The van der Waals surface area contributed by atoms with Gasteiger partial charge in [0, 0.05) is 12.7 Å². The molecule has 0 radical (unpaired) electrons. The summed E-state index contributed by atoms with van der Waals surface area (Å²) in [5.74, 6) is 1.57. The quantitative estimate of drug-likeness (QED) is 0.113. The number of rotatable bonds is 19. The molecule has 230 valence electrons. The van der Waals surface area contributed by atoms with Gasteiger partial charge in [-0.1, -0.05) is 126 Å². The van der Waals surface area contributed by atoms with Gasteiger partial charge in [-0.3, -0.25) is 0 Å². The first-order valence-electron chi connectivity index (χ1n) is 16.0. The van der Waals surface area contributed by atoms with Crippen molar-refractivity contribution in [2.75, 3.05) is 20.8 Å². The molecule has 0 fully saturated rings. The Morgan fingerprint density at radius 2 is 1.17 bits per heavy atom. The summed E-state index contributed by atoms with van der Waals surface area (Å²) in [4.78, 5) is 0. The van der Waals surface area contributed by atoms with Gasteiger partial charge >= 0.3 is 0 Å². The summed E-state index contributed by atoms with van der Waals surface area (Å²) in [5.41, 5.74) is 1.28. The van der Waals surface area contributed by atoms with Gasteiger partial charge in [-0.2, -0.15) is 0 Å². The molecule has 0 saturated heterocycles. The Labute approximate surface area is 256 Å². The van der Waals surface area contributed by atoms with E-state index in [4.69, 9.17) is 19.0 Å². The van der Waals surface area contributed by atoms with E-state index in [1.54, 1.807) is 14.2 Å². The predicted molar refractivity (Wildman–Crippen MR) is 179 cm³/mol. The Balaban J connectivity index is 1.79. The van der Waals surface area contributed by atoms with Crippen LogP contribution in [0.1, 0.15) is 90.5 Å². The first-order valence-corrected chi connectivity index (χ1v) is 17.9. The van der Waals surface area contributed by atoms with Gasteiger partial charge in [-0.25, -0.2) is 0 Å². The largest absolute Gasteiger partial charge is 0.493 e. The zero-order valence-electron chi connectivity index (χ0n) is 26.7. The molecule has 0 aliphatic carbocycles. The highest BCUT2D eigenvalue weighted by molar-refractivity contribution is 6.99. The van der Waals surface area contributed by atoms with E-state index >= 15 is 0 Å². The fraction of sp³-hybridized carbons (Fsp3) is 0.514. The van der Waals surface area contributed by atoms with Crippen LogP contribution in [0.25, 0.3) is 0 Å². The summed E-state index contributed by atoms with van der Waals surface area (Å²) >= 11 is 0. The summed E-state index contributed by atoms with van der Waals surface area (Å²) in [6.07, 6.45) is 12.4. The first kappa shape index (κ1) is 33.9. The second-order valence-corrected chi connectivity index (χ2v) is 16.7. The van der Waals surface area contributed by atoms with E-state index in [2.05, 4.69) is 93.6 Å². The molecule has 3 rings (SSSR count). The minimum atomic E-state index is -2.60. The number of aryl methyl sites for hydroxylation is 1. The fourth-order valence-electron chi connectivity index (χ4n) is 6.13. The van der Waals surface area contributed by atoms with Gasteiger partial charge in [-0.15, -0.1) is 0 Å². The molecule has 0 aromatic heterocycles. The average Bonchev–Trinajstić information content (AvgIpc) is 3.01. The smallest absolute Gasteiger partial charge is 0.261 e. The van der Waals surface area contributed by atoms with Crippen molar-refractivity contribution in [3.63, 3.8) is 0 Å². The lowest BCUT2D eigenvalue weighted by atomic mass is 10.0. The van der Waals surface area contributed by atoms with E-state index in [1.165, 1.54) is 41.6 Å². The van der Waals surface area contributed by atoms with Crippen molar-refractivity contribution in [3.05, 3.63) is 84.4 Å². The zero-order valence-corrected chi connectivity index (χ0v) is 27.7. The standard InChI is InChI=1S/C37H54O4Si/c1-37(2,3)42(33-23-13-10-14-24-33,34-25-15-11-16-26-34)41-32(21-12-8-6-7-9-19-29-38)22-18-17-20-31-27-28-35(39-4)36(30-31)40-5/h10-11,13-16,23-28,30,32,38H,6-9,12,17-22,29H2,1-5H3. The molecule has 3 aromatic rings. The summed E-state index contributed by atoms with van der Waals surface area (Å²) in [5, 5.41) is 11.8. The number of ether oxygens (including phenoxy) is 2. The topological polar surface area (TPSA) is 47.9 Å². The highest BCUT2D eigenvalue weighted by Gasteiger charge is 2.51. The molecule has 1 atom stereocenters. The van der Waals surface area contributed by atoms with E-state index < -0.39 is 8.32 Å². The molecule has 0 amide bonds. The monoisotopic (exact) mass is 590 g/mol. The normalized spacial score (nSPS) is 12.7. The van der Waals surface area contributed by atoms with Gasteiger partial charge in [0.2, 0.25) is 0 Å². The Morgan fingerprint density at radius 3 is 1.69 bits per heavy atom. The van der Waals surface area contributed by atoms with Gasteiger partial charge in [0.1, 0.15) is 0 Å². The van der Waals surface area contributed by atoms with Crippen LogP contribution in [0.2, 0.25) is 5.04 Å². The molecule has 3 aromatic carbocycles. The summed E-state index contributed by atoms with van der Waals surface area (Å²) in [6, 6.07) is 28.3. The van der Waals surface area contributed by atoms with Crippen LogP contribution in [0.15, 0.2) is 78.9 Å². The van der Waals surface area contributed by atoms with Crippen LogP contribution >= 0.6 is 0 Å². The summed E-state index contributed by atoms with van der Waals surface area (Å²) in [6.45, 7) is 7.41. The van der Waals surface area contributed by atoms with E-state index in [9.17, 15) is 0 Å². The number of benzene rings is 3. The maximum absolute atomic E-state index is 9.10. The van der Waals surface area contributed by atoms with Crippen LogP contribution in [-0.4, -0.2) is 40.4 Å². The van der Waals surface area contributed by atoms with Crippen molar-refractivity contribution >= 4 is 18.7 Å². The molecule has 0 spiro atoms. The number of methoxy groups -OCH3 is 2. The molecule has 5 heteroatoms. The number of aliphatic hydroxyl groups is 1. The van der Waals surface area contributed by atoms with Gasteiger partial charge in [0.25, 0.3) is 8.32 Å². The number of unbranched alkanes of at least 4 members (excludes halogenated alkanes) is 6. The third kappa shape index (κ3) is 9.45. The Kier molecular flexibility index (Phi) is 14.1. The molecule has 0 bridgehead atoms. The fourth-order valence-corrected chi connectivity index (χ4v) is 10.9. The van der Waals surface area contributed by atoms with Crippen molar-refractivity contribution in [3.8, 4) is 11.5 Å². The number of hydrogen-bond acceptors (Lipinski definition) is 4. The molecule has 4 nitrogen and oxygen atoms in total. The molecule has 42 heavy (non-hydrogen) atoms. The molecule has 0 aliphatic rings. The van der Waals surface area contributed by atoms with Crippen molar-refractivity contribution in [1.82, 2.24) is 0 Å². The van der Waals surface area contributed by atoms with Crippen LogP contribution in [0.5, 0.6) is 11.5 Å². The van der Waals surface area contributed by atoms with Crippen molar-refractivity contribution < 1.29 is 19.0 Å². The molecule has 0 saturated carbocycles. The summed E-state index contributed by atoms with van der Waals surface area (Å²) < 4.78 is 18.6. The Hall–Kier alpha value is -2.60. The lowest BCUT2D eigenvalue weighted by Gasteiger charge is -2.45. The maximum Gasteiger partial charge on any atom is 0.261 e. The lowest BCUT2D eigenvalue weighted by molar-refractivity contribution is 0.160. The van der Waals surface area contributed by atoms with E-state index in [1.807, 2.05) is 6.07 Å². The Morgan fingerprint density at radius 1 is 0.643 bits per heavy atom. The second-order valence-electron chi connectivity index (χ2n) is 12.5. The molecular weight excluding hydrogens is 536 g/mol. The molecular formula is C37H54O4Si. The van der Waals surface area contributed by atoms with Crippen molar-refractivity contribution in [2.24, 2.45) is 0 Å². The van der Waals surface area contributed by atoms with Gasteiger partial charge < -0.3 is 19.0 Å². The predicted octanol–water partition coefficient (Wildman–Crippen LogP) is 8.08. The maximum atomic E-state index is 9.10. The van der Waals surface area contributed by atoms with E-state index in [0.29, 0.717) is 6.61 Å². The molecule has 0 heterocycles.